The molecule has 3 atom stereocenters. The van der Waals surface area contributed by atoms with Gasteiger partial charge in [-0.3, -0.25) is 4.79 Å². The molecule has 8 heteroatoms. The van der Waals surface area contributed by atoms with Gasteiger partial charge < -0.3 is 33.2 Å². The molecule has 8 nitrogen and oxygen atoms in total. The van der Waals surface area contributed by atoms with Crippen molar-refractivity contribution in [3.63, 3.8) is 0 Å². The van der Waals surface area contributed by atoms with Crippen LogP contribution in [0.4, 0.5) is 0 Å². The summed E-state index contributed by atoms with van der Waals surface area (Å²) in [4.78, 5) is 12.9. The Morgan fingerprint density at radius 1 is 0.939 bits per heavy atom. The number of carbonyl (C=O) groups is 1. The Morgan fingerprint density at radius 2 is 1.64 bits per heavy atom. The summed E-state index contributed by atoms with van der Waals surface area (Å²) in [6, 6.07) is 5.81. The first kappa shape index (κ1) is 21.6. The predicted octanol–water partition coefficient (Wildman–Crippen LogP) is 3.71. The van der Waals surface area contributed by atoms with Gasteiger partial charge in [-0.2, -0.15) is 0 Å². The second kappa shape index (κ2) is 8.57. The first-order chi connectivity index (χ1) is 16.1. The van der Waals surface area contributed by atoms with Gasteiger partial charge >= 0.3 is 5.97 Å². The zero-order valence-corrected chi connectivity index (χ0v) is 19.3. The number of ether oxygens (including phenoxy) is 7. The maximum Gasteiger partial charge on any atom is 0.310 e. The van der Waals surface area contributed by atoms with Crippen molar-refractivity contribution in [3.05, 3.63) is 34.9 Å². The van der Waals surface area contributed by atoms with Gasteiger partial charge in [-0.15, -0.1) is 0 Å². The largest absolute Gasteiger partial charge is 0.493 e. The fourth-order valence-electron chi connectivity index (χ4n) is 5.24. The molecule has 2 aromatic carbocycles. The van der Waals surface area contributed by atoms with Crippen LogP contribution in [0.3, 0.4) is 0 Å². The number of rotatable bonds is 7. The number of benzene rings is 2. The topological polar surface area (TPSA) is 81.7 Å². The first-order valence-electron chi connectivity index (χ1n) is 11.2. The van der Waals surface area contributed by atoms with Crippen LogP contribution in [0.25, 0.3) is 0 Å². The maximum atomic E-state index is 12.9. The van der Waals surface area contributed by atoms with Gasteiger partial charge in [0.2, 0.25) is 18.3 Å². The average Bonchev–Trinajstić information content (AvgIpc) is 3.44. The third kappa shape index (κ3) is 3.39. The van der Waals surface area contributed by atoms with Gasteiger partial charge in [-0.05, 0) is 49.6 Å². The van der Waals surface area contributed by atoms with Crippen LogP contribution in [-0.4, -0.2) is 46.8 Å². The number of hydrogen-bond donors (Lipinski definition) is 0. The van der Waals surface area contributed by atoms with Crippen molar-refractivity contribution in [1.29, 1.82) is 0 Å². The third-order valence-corrected chi connectivity index (χ3v) is 6.56. The number of methoxy groups -OCH3 is 2. The van der Waals surface area contributed by atoms with E-state index in [4.69, 9.17) is 33.2 Å². The van der Waals surface area contributed by atoms with E-state index in [0.717, 1.165) is 16.7 Å². The molecule has 0 amide bonds. The van der Waals surface area contributed by atoms with Crippen molar-refractivity contribution in [2.45, 2.75) is 26.2 Å². The standard InChI is InChI=1S/C25H28O8/c1-5-29-22-16-7-14-11-31-25(26)21(14)20(15(16)10-19-24(22)33-12-32-19)13-8-17(27-3)23(30-6-2)18(9-13)28-4/h8-10,14,20-21H,5-7,11-12H2,1-4H3. The van der Waals surface area contributed by atoms with Crippen LogP contribution in [-0.2, 0) is 16.0 Å². The molecule has 0 spiro atoms. The van der Waals surface area contributed by atoms with Crippen LogP contribution in [0.5, 0.6) is 34.5 Å². The molecule has 3 unspecified atom stereocenters. The second-order valence-corrected chi connectivity index (χ2v) is 8.23. The van der Waals surface area contributed by atoms with Gasteiger partial charge in [0.25, 0.3) is 0 Å². The Kier molecular flexibility index (Phi) is 5.60. The highest BCUT2D eigenvalue weighted by molar-refractivity contribution is 5.79. The number of hydrogen-bond acceptors (Lipinski definition) is 8. The van der Waals surface area contributed by atoms with Crippen molar-refractivity contribution in [3.8, 4) is 34.5 Å². The summed E-state index contributed by atoms with van der Waals surface area (Å²) in [6.45, 7) is 5.32. The van der Waals surface area contributed by atoms with Crippen LogP contribution in [0.1, 0.15) is 36.5 Å². The smallest absolute Gasteiger partial charge is 0.310 e. The molecule has 0 N–H and O–H groups in total. The minimum absolute atomic E-state index is 0.0261. The van der Waals surface area contributed by atoms with Gasteiger partial charge in [0, 0.05) is 17.4 Å². The molecule has 1 saturated heterocycles. The molecule has 33 heavy (non-hydrogen) atoms. The Hall–Kier alpha value is -3.29. The summed E-state index contributed by atoms with van der Waals surface area (Å²) < 4.78 is 40.1. The van der Waals surface area contributed by atoms with Gasteiger partial charge in [-0.1, -0.05) is 0 Å². The predicted molar refractivity (Wildman–Crippen MR) is 118 cm³/mol. The molecule has 1 fully saturated rings. The summed E-state index contributed by atoms with van der Waals surface area (Å²) in [7, 11) is 3.18. The molecular formula is C25H28O8. The van der Waals surface area contributed by atoms with E-state index >= 15 is 0 Å². The maximum absolute atomic E-state index is 12.9. The van der Waals surface area contributed by atoms with Crippen molar-refractivity contribution < 1.29 is 38.0 Å². The third-order valence-electron chi connectivity index (χ3n) is 6.56. The van der Waals surface area contributed by atoms with E-state index in [0.29, 0.717) is 60.7 Å². The molecule has 2 aromatic rings. The molecule has 5 rings (SSSR count). The monoisotopic (exact) mass is 456 g/mol. The molecule has 1 aliphatic carbocycles. The molecule has 0 radical (unpaired) electrons. The average molecular weight is 456 g/mol. The quantitative estimate of drug-likeness (QED) is 0.584. The Morgan fingerprint density at radius 3 is 2.30 bits per heavy atom. The molecule has 0 aromatic heterocycles. The SMILES string of the molecule is CCOc1c(OC)cc(C2c3cc4c(c(OCC)c3CC3COC(=O)C32)OCO4)cc1OC. The highest BCUT2D eigenvalue weighted by Crippen LogP contribution is 2.56. The van der Waals surface area contributed by atoms with Crippen molar-refractivity contribution in [2.75, 3.05) is 40.8 Å². The lowest BCUT2D eigenvalue weighted by molar-refractivity contribution is -0.141. The van der Waals surface area contributed by atoms with Crippen LogP contribution in [0.2, 0.25) is 0 Å². The van der Waals surface area contributed by atoms with Crippen molar-refractivity contribution >= 4 is 5.97 Å². The minimum Gasteiger partial charge on any atom is -0.493 e. The van der Waals surface area contributed by atoms with E-state index in [1.165, 1.54) is 0 Å². The van der Waals surface area contributed by atoms with E-state index in [-0.39, 0.29) is 30.5 Å². The molecule has 3 aliphatic rings. The van der Waals surface area contributed by atoms with E-state index in [2.05, 4.69) is 0 Å². The summed E-state index contributed by atoms with van der Waals surface area (Å²) in [5.41, 5.74) is 2.87. The van der Waals surface area contributed by atoms with Gasteiger partial charge in [0.05, 0.1) is 40.0 Å². The number of esters is 1. The molecule has 0 saturated carbocycles. The van der Waals surface area contributed by atoms with E-state index in [1.54, 1.807) is 14.2 Å². The van der Waals surface area contributed by atoms with Crippen molar-refractivity contribution in [2.24, 2.45) is 11.8 Å². The van der Waals surface area contributed by atoms with E-state index < -0.39 is 0 Å². The molecule has 176 valence electrons. The molecule has 2 aliphatic heterocycles. The zero-order valence-electron chi connectivity index (χ0n) is 19.3. The number of carbonyl (C=O) groups excluding carboxylic acids is 1. The fraction of sp³-hybridized carbons (Fsp3) is 0.480. The van der Waals surface area contributed by atoms with Crippen LogP contribution < -0.4 is 28.4 Å². The summed E-state index contributed by atoms with van der Waals surface area (Å²) in [5.74, 6) is 2.77. The second-order valence-electron chi connectivity index (χ2n) is 8.23. The van der Waals surface area contributed by atoms with E-state index in [1.807, 2.05) is 32.0 Å². The Labute approximate surface area is 192 Å². The summed E-state index contributed by atoms with van der Waals surface area (Å²) in [6.07, 6.45) is 0.666. The summed E-state index contributed by atoms with van der Waals surface area (Å²) in [5, 5.41) is 0. The fourth-order valence-corrected chi connectivity index (χ4v) is 5.24. The lowest BCUT2D eigenvalue weighted by Crippen LogP contribution is -2.32. The summed E-state index contributed by atoms with van der Waals surface area (Å²) >= 11 is 0. The Balaban J connectivity index is 1.74. The molecule has 0 bridgehead atoms. The zero-order chi connectivity index (χ0) is 23.1. The lowest BCUT2D eigenvalue weighted by atomic mass is 9.67. The lowest BCUT2D eigenvalue weighted by Gasteiger charge is -2.35. The van der Waals surface area contributed by atoms with Crippen molar-refractivity contribution in [1.82, 2.24) is 0 Å². The number of cyclic esters (lactones) is 1. The van der Waals surface area contributed by atoms with Gasteiger partial charge in [-0.25, -0.2) is 0 Å². The van der Waals surface area contributed by atoms with Crippen LogP contribution in [0, 0.1) is 11.8 Å². The highest BCUT2D eigenvalue weighted by Gasteiger charge is 2.49. The first-order valence-corrected chi connectivity index (χ1v) is 11.2. The number of fused-ring (bicyclic) bond motifs is 3. The van der Waals surface area contributed by atoms with E-state index in [9.17, 15) is 4.79 Å². The minimum atomic E-state index is -0.334. The molecule has 2 heterocycles. The normalized spacial score (nSPS) is 22.3. The van der Waals surface area contributed by atoms with Crippen LogP contribution >= 0.6 is 0 Å². The van der Waals surface area contributed by atoms with Gasteiger partial charge in [0.1, 0.15) is 0 Å². The van der Waals surface area contributed by atoms with Gasteiger partial charge in [0.15, 0.2) is 23.0 Å². The highest BCUT2D eigenvalue weighted by atomic mass is 16.7. The van der Waals surface area contributed by atoms with Crippen LogP contribution in [0.15, 0.2) is 18.2 Å². The molecular weight excluding hydrogens is 428 g/mol. The Bertz CT molecular complexity index is 1050.